The fourth-order valence-corrected chi connectivity index (χ4v) is 1.34. The second-order valence-electron chi connectivity index (χ2n) is 4.25. The van der Waals surface area contributed by atoms with Crippen molar-refractivity contribution in [1.82, 2.24) is 9.78 Å². The maximum absolute atomic E-state index is 5.43. The second kappa shape index (κ2) is 4.39. The van der Waals surface area contributed by atoms with Gasteiger partial charge in [0.25, 0.3) is 0 Å². The molecular weight excluding hydrogens is 188 g/mol. The summed E-state index contributed by atoms with van der Waals surface area (Å²) in [7, 11) is 1.89. The molecule has 0 N–H and O–H groups in total. The summed E-state index contributed by atoms with van der Waals surface area (Å²) in [5, 5.41) is 4.26. The van der Waals surface area contributed by atoms with Gasteiger partial charge < -0.3 is 4.74 Å². The lowest BCUT2D eigenvalue weighted by Crippen LogP contribution is -2.16. The van der Waals surface area contributed by atoms with Crippen LogP contribution in [0.4, 0.5) is 0 Å². The number of aromatic nitrogens is 2. The Hall–Kier alpha value is -1.43. The Balaban J connectivity index is 3.01. The van der Waals surface area contributed by atoms with Gasteiger partial charge in [-0.2, -0.15) is 0 Å². The maximum atomic E-state index is 5.43. The molecule has 0 amide bonds. The Kier molecular flexibility index (Phi) is 3.41. The zero-order chi connectivity index (χ0) is 11.5. The summed E-state index contributed by atoms with van der Waals surface area (Å²) in [6.45, 7) is 6.77. The van der Waals surface area contributed by atoms with Gasteiger partial charge in [-0.1, -0.05) is 26.7 Å². The highest BCUT2D eigenvalue weighted by molar-refractivity contribution is 5.31. The first-order chi connectivity index (χ1) is 7.01. The molecule has 0 aliphatic heterocycles. The molecule has 0 aliphatic carbocycles. The van der Waals surface area contributed by atoms with Crippen molar-refractivity contribution in [3.63, 3.8) is 0 Å². The fourth-order valence-electron chi connectivity index (χ4n) is 1.34. The second-order valence-corrected chi connectivity index (χ2v) is 4.25. The van der Waals surface area contributed by atoms with E-state index >= 15 is 0 Å². The third kappa shape index (κ3) is 2.53. The molecule has 0 aromatic carbocycles. The van der Waals surface area contributed by atoms with Gasteiger partial charge in [0.15, 0.2) is 6.61 Å². The Labute approximate surface area is 91.4 Å². The van der Waals surface area contributed by atoms with Crippen LogP contribution in [0.5, 0.6) is 5.88 Å². The molecule has 82 valence electrons. The summed E-state index contributed by atoms with van der Waals surface area (Å²) in [4.78, 5) is 0. The number of ether oxygens (including phenoxy) is 1. The highest BCUT2D eigenvalue weighted by Crippen LogP contribution is 2.32. The van der Waals surface area contributed by atoms with E-state index in [0.29, 0.717) is 5.88 Å². The van der Waals surface area contributed by atoms with Gasteiger partial charge in [0, 0.05) is 18.8 Å². The first-order valence-corrected chi connectivity index (χ1v) is 5.11. The summed E-state index contributed by atoms with van der Waals surface area (Å²) in [5.74, 6) is 3.11. The zero-order valence-corrected chi connectivity index (χ0v) is 9.87. The lowest BCUT2D eigenvalue weighted by atomic mass is 9.84. The average Bonchev–Trinajstić information content (AvgIpc) is 2.57. The van der Waals surface area contributed by atoms with E-state index in [0.717, 1.165) is 12.0 Å². The van der Waals surface area contributed by atoms with Gasteiger partial charge in [0.05, 0.1) is 0 Å². The molecule has 0 aliphatic rings. The number of nitrogens with zero attached hydrogens (tertiary/aromatic N) is 2. The SMILES string of the molecule is C#CCOc1nn(C)cc1C(C)(C)CC. The molecule has 0 unspecified atom stereocenters. The van der Waals surface area contributed by atoms with Crippen molar-refractivity contribution in [3.8, 4) is 18.2 Å². The molecule has 1 rings (SSSR count). The highest BCUT2D eigenvalue weighted by Gasteiger charge is 2.25. The maximum Gasteiger partial charge on any atom is 0.237 e. The molecular formula is C12H18N2O. The molecule has 1 aromatic heterocycles. The van der Waals surface area contributed by atoms with Gasteiger partial charge in [-0.25, -0.2) is 0 Å². The topological polar surface area (TPSA) is 27.1 Å². The first kappa shape index (κ1) is 11.6. The smallest absolute Gasteiger partial charge is 0.237 e. The molecule has 3 nitrogen and oxygen atoms in total. The summed E-state index contributed by atoms with van der Waals surface area (Å²) >= 11 is 0. The number of hydrogen-bond acceptors (Lipinski definition) is 2. The monoisotopic (exact) mass is 206 g/mol. The average molecular weight is 206 g/mol. The molecule has 0 bridgehead atoms. The van der Waals surface area contributed by atoms with Crippen molar-refractivity contribution in [3.05, 3.63) is 11.8 Å². The van der Waals surface area contributed by atoms with Crippen LogP contribution in [0.25, 0.3) is 0 Å². The van der Waals surface area contributed by atoms with Crippen LogP contribution in [0, 0.1) is 12.3 Å². The number of rotatable bonds is 4. The number of aryl methyl sites for hydroxylation is 1. The number of terminal acetylenes is 1. The van der Waals surface area contributed by atoms with Crippen molar-refractivity contribution < 1.29 is 4.74 Å². The number of hydrogen-bond donors (Lipinski definition) is 0. The van der Waals surface area contributed by atoms with Crippen LogP contribution in [0.15, 0.2) is 6.20 Å². The van der Waals surface area contributed by atoms with Crippen molar-refractivity contribution in [2.24, 2.45) is 7.05 Å². The normalized spacial score (nSPS) is 11.1. The molecule has 0 saturated heterocycles. The van der Waals surface area contributed by atoms with Crippen LogP contribution in [0.3, 0.4) is 0 Å². The van der Waals surface area contributed by atoms with Crippen LogP contribution in [-0.2, 0) is 12.5 Å². The summed E-state index contributed by atoms with van der Waals surface area (Å²) in [5.41, 5.74) is 1.18. The van der Waals surface area contributed by atoms with Gasteiger partial charge in [0.2, 0.25) is 5.88 Å². The van der Waals surface area contributed by atoms with E-state index in [1.807, 2.05) is 13.2 Å². The molecule has 0 spiro atoms. The van der Waals surface area contributed by atoms with E-state index in [2.05, 4.69) is 31.8 Å². The molecule has 0 radical (unpaired) electrons. The lowest BCUT2D eigenvalue weighted by Gasteiger charge is -2.21. The van der Waals surface area contributed by atoms with Gasteiger partial charge >= 0.3 is 0 Å². The van der Waals surface area contributed by atoms with E-state index < -0.39 is 0 Å². The van der Waals surface area contributed by atoms with Gasteiger partial charge in [-0.05, 0) is 11.8 Å². The molecule has 1 heterocycles. The Morgan fingerprint density at radius 1 is 1.60 bits per heavy atom. The van der Waals surface area contributed by atoms with E-state index in [-0.39, 0.29) is 12.0 Å². The van der Waals surface area contributed by atoms with E-state index in [1.54, 1.807) is 4.68 Å². The third-order valence-corrected chi connectivity index (χ3v) is 2.70. The quantitative estimate of drug-likeness (QED) is 0.706. The Morgan fingerprint density at radius 2 is 2.27 bits per heavy atom. The third-order valence-electron chi connectivity index (χ3n) is 2.70. The van der Waals surface area contributed by atoms with Crippen molar-refractivity contribution in [2.45, 2.75) is 32.6 Å². The van der Waals surface area contributed by atoms with Crippen LogP contribution < -0.4 is 4.74 Å². The van der Waals surface area contributed by atoms with Crippen LogP contribution in [0.1, 0.15) is 32.8 Å². The molecule has 0 fully saturated rings. The predicted octanol–water partition coefficient (Wildman–Crippen LogP) is 2.12. The summed E-state index contributed by atoms with van der Waals surface area (Å²) in [6, 6.07) is 0. The molecule has 0 atom stereocenters. The minimum Gasteiger partial charge on any atom is -0.463 e. The molecule has 15 heavy (non-hydrogen) atoms. The van der Waals surface area contributed by atoms with Crippen molar-refractivity contribution in [1.29, 1.82) is 0 Å². The van der Waals surface area contributed by atoms with E-state index in [9.17, 15) is 0 Å². The summed E-state index contributed by atoms with van der Waals surface area (Å²) < 4.78 is 7.19. The standard InChI is InChI=1S/C12H18N2O/c1-6-8-15-11-10(9-14(5)13-11)12(3,4)7-2/h1,9H,7-8H2,2-5H3. The summed E-state index contributed by atoms with van der Waals surface area (Å²) in [6.07, 6.45) is 8.19. The van der Waals surface area contributed by atoms with E-state index in [1.165, 1.54) is 0 Å². The highest BCUT2D eigenvalue weighted by atomic mass is 16.5. The van der Waals surface area contributed by atoms with Crippen LogP contribution in [-0.4, -0.2) is 16.4 Å². The lowest BCUT2D eigenvalue weighted by molar-refractivity contribution is 0.337. The van der Waals surface area contributed by atoms with E-state index in [4.69, 9.17) is 11.2 Å². The largest absolute Gasteiger partial charge is 0.463 e. The van der Waals surface area contributed by atoms with Gasteiger partial charge in [0.1, 0.15) is 0 Å². The zero-order valence-electron chi connectivity index (χ0n) is 9.87. The van der Waals surface area contributed by atoms with Gasteiger partial charge in [-0.15, -0.1) is 11.5 Å². The minimum atomic E-state index is 0.0677. The Morgan fingerprint density at radius 3 is 2.80 bits per heavy atom. The first-order valence-electron chi connectivity index (χ1n) is 5.11. The molecule has 3 heteroatoms. The van der Waals surface area contributed by atoms with Gasteiger partial charge in [-0.3, -0.25) is 4.68 Å². The predicted molar refractivity (Wildman–Crippen MR) is 60.9 cm³/mol. The van der Waals surface area contributed by atoms with Crippen molar-refractivity contribution >= 4 is 0 Å². The Bertz CT molecular complexity index is 371. The molecule has 1 aromatic rings. The van der Waals surface area contributed by atoms with Crippen molar-refractivity contribution in [2.75, 3.05) is 6.61 Å². The van der Waals surface area contributed by atoms with Crippen LogP contribution in [0.2, 0.25) is 0 Å². The minimum absolute atomic E-state index is 0.0677. The molecule has 0 saturated carbocycles. The van der Waals surface area contributed by atoms with Crippen LogP contribution >= 0.6 is 0 Å². The fraction of sp³-hybridized carbons (Fsp3) is 0.583.